The van der Waals surface area contributed by atoms with Crippen LogP contribution in [0.3, 0.4) is 0 Å². The maximum absolute atomic E-state index is 12.8. The average Bonchev–Trinajstić information content (AvgIpc) is 3.41. The summed E-state index contributed by atoms with van der Waals surface area (Å²) in [7, 11) is 5.55. The van der Waals surface area contributed by atoms with Gasteiger partial charge in [0.25, 0.3) is 0 Å². The van der Waals surface area contributed by atoms with Gasteiger partial charge in [-0.05, 0) is 19.2 Å². The van der Waals surface area contributed by atoms with Crippen LogP contribution in [-0.4, -0.2) is 85.6 Å². The van der Waals surface area contributed by atoms with Crippen LogP contribution in [0.4, 0.5) is 23.0 Å². The quantitative estimate of drug-likeness (QED) is 0.286. The fourth-order valence-corrected chi connectivity index (χ4v) is 4.55. The number of aryl methyl sites for hydroxylation is 1. The Kier molecular flexibility index (Phi) is 8.27. The van der Waals surface area contributed by atoms with E-state index in [1.807, 2.05) is 32.2 Å². The molecule has 2 N–H and O–H groups in total. The number of methoxy groups -OCH3 is 1. The van der Waals surface area contributed by atoms with Crippen LogP contribution < -0.4 is 15.4 Å². The number of carbonyl (C=O) groups excluding carboxylic acids is 1. The van der Waals surface area contributed by atoms with Crippen LogP contribution in [0, 0.1) is 0 Å². The number of carbonyl (C=O) groups is 1. The number of Topliss-reactive ketones (excluding diaryl/α,β-unsaturated/α-hetero) is 1. The predicted octanol–water partition coefficient (Wildman–Crippen LogP) is 3.50. The molecule has 208 valence electrons. The lowest BCUT2D eigenvalue weighted by molar-refractivity contribution is 0.0988. The summed E-state index contributed by atoms with van der Waals surface area (Å²) in [5.74, 6) is 2.17. The van der Waals surface area contributed by atoms with Crippen molar-refractivity contribution in [2.24, 2.45) is 7.05 Å². The van der Waals surface area contributed by atoms with Gasteiger partial charge in [0.1, 0.15) is 18.0 Å². The normalized spacial score (nSPS) is 14.2. The summed E-state index contributed by atoms with van der Waals surface area (Å²) in [6.45, 7) is 6.75. The van der Waals surface area contributed by atoms with Crippen LogP contribution in [0.25, 0.3) is 11.4 Å². The first-order valence-electron chi connectivity index (χ1n) is 13.3. The van der Waals surface area contributed by atoms with Gasteiger partial charge >= 0.3 is 0 Å². The lowest BCUT2D eigenvalue weighted by atomic mass is 10.1. The largest absolute Gasteiger partial charge is 0.494 e. The standard InChI is InChI=1S/C28H34N10O2/c1-5-24(39)21-15-31-25(34-26-16-29-19(14-30-26)17-38-11-9-36(2)10-12-38)13-23(21)33-22-8-6-7-20(27(22)40-4)28-32-18-37(3)35-28/h6-8,13-16,18H,5,9-12,17H2,1-4H3,(H2,30,31,33,34). The maximum atomic E-state index is 12.8. The van der Waals surface area contributed by atoms with Gasteiger partial charge in [-0.25, -0.2) is 15.0 Å². The molecule has 0 aliphatic carbocycles. The minimum absolute atomic E-state index is 0.0314. The first kappa shape index (κ1) is 27.2. The number of rotatable bonds is 10. The third-order valence-corrected chi connectivity index (χ3v) is 6.80. The molecule has 1 aliphatic heterocycles. The molecule has 0 radical (unpaired) electrons. The van der Waals surface area contributed by atoms with Gasteiger partial charge in [-0.1, -0.05) is 13.0 Å². The van der Waals surface area contributed by atoms with E-state index in [1.54, 1.807) is 42.8 Å². The monoisotopic (exact) mass is 542 g/mol. The minimum atomic E-state index is -0.0314. The molecule has 0 spiro atoms. The van der Waals surface area contributed by atoms with Crippen molar-refractivity contribution in [3.8, 4) is 17.1 Å². The number of likely N-dealkylation sites (N-methyl/N-ethyl adjacent to an activating group) is 1. The molecule has 5 rings (SSSR count). The lowest BCUT2D eigenvalue weighted by Crippen LogP contribution is -2.44. The second-order valence-corrected chi connectivity index (χ2v) is 9.74. The summed E-state index contributed by atoms with van der Waals surface area (Å²) < 4.78 is 7.38. The predicted molar refractivity (Wildman–Crippen MR) is 153 cm³/mol. The first-order valence-corrected chi connectivity index (χ1v) is 13.3. The van der Waals surface area contributed by atoms with E-state index in [-0.39, 0.29) is 5.78 Å². The molecule has 0 atom stereocenters. The number of benzene rings is 1. The van der Waals surface area contributed by atoms with Crippen molar-refractivity contribution < 1.29 is 9.53 Å². The number of anilines is 4. The smallest absolute Gasteiger partial charge is 0.184 e. The van der Waals surface area contributed by atoms with Crippen LogP contribution >= 0.6 is 0 Å². The van der Waals surface area contributed by atoms with Crippen molar-refractivity contribution in [2.75, 3.05) is 51.0 Å². The molecule has 3 aromatic heterocycles. The van der Waals surface area contributed by atoms with Crippen LogP contribution in [0.5, 0.6) is 5.75 Å². The Morgan fingerprint density at radius 1 is 0.950 bits per heavy atom. The second kappa shape index (κ2) is 12.2. The van der Waals surface area contributed by atoms with E-state index in [1.165, 1.54) is 0 Å². The summed E-state index contributed by atoms with van der Waals surface area (Å²) in [5.41, 5.74) is 3.39. The fraction of sp³-hybridized carbons (Fsp3) is 0.357. The Bertz CT molecular complexity index is 1460. The number of hydrogen-bond donors (Lipinski definition) is 2. The number of nitrogens with zero attached hydrogens (tertiary/aromatic N) is 8. The average molecular weight is 543 g/mol. The topological polar surface area (TPSA) is 126 Å². The molecule has 1 fully saturated rings. The van der Waals surface area contributed by atoms with Gasteiger partial charge < -0.3 is 20.3 Å². The molecular weight excluding hydrogens is 508 g/mol. The van der Waals surface area contributed by atoms with Gasteiger partial charge in [-0.2, -0.15) is 5.10 Å². The molecule has 1 aromatic carbocycles. The zero-order chi connectivity index (χ0) is 28.1. The van der Waals surface area contributed by atoms with Crippen LogP contribution in [0.15, 0.2) is 49.2 Å². The molecule has 1 aliphatic rings. The molecule has 0 saturated carbocycles. The highest BCUT2D eigenvalue weighted by Crippen LogP contribution is 2.37. The van der Waals surface area contributed by atoms with Crippen molar-refractivity contribution in [3.05, 3.63) is 60.4 Å². The lowest BCUT2D eigenvalue weighted by Gasteiger charge is -2.31. The Morgan fingerprint density at radius 2 is 1.75 bits per heavy atom. The molecule has 1 saturated heterocycles. The van der Waals surface area contributed by atoms with Gasteiger partial charge in [0.2, 0.25) is 0 Å². The second-order valence-electron chi connectivity index (χ2n) is 9.74. The highest BCUT2D eigenvalue weighted by atomic mass is 16.5. The number of nitrogens with one attached hydrogen (secondary N) is 2. The number of aromatic nitrogens is 6. The van der Waals surface area contributed by atoms with Crippen molar-refractivity contribution in [1.29, 1.82) is 0 Å². The van der Waals surface area contributed by atoms with Crippen molar-refractivity contribution in [3.63, 3.8) is 0 Å². The molecule has 4 heterocycles. The van der Waals surface area contributed by atoms with E-state index in [2.05, 4.69) is 52.5 Å². The van der Waals surface area contributed by atoms with E-state index < -0.39 is 0 Å². The van der Waals surface area contributed by atoms with Crippen molar-refractivity contribution >= 4 is 28.8 Å². The molecular formula is C28H34N10O2. The molecule has 12 heteroatoms. The number of ketones is 1. The number of para-hydroxylation sites is 1. The Labute approximate surface area is 233 Å². The third kappa shape index (κ3) is 6.24. The number of ether oxygens (including phenoxy) is 1. The van der Waals surface area contributed by atoms with Gasteiger partial charge in [-0.15, -0.1) is 0 Å². The maximum Gasteiger partial charge on any atom is 0.184 e. The Hall–Kier alpha value is -4.42. The molecule has 0 unspecified atom stereocenters. The summed E-state index contributed by atoms with van der Waals surface area (Å²) in [6, 6.07) is 7.44. The number of hydrogen-bond acceptors (Lipinski definition) is 11. The number of pyridine rings is 1. The molecule has 12 nitrogen and oxygen atoms in total. The van der Waals surface area contributed by atoms with Gasteiger partial charge in [0, 0.05) is 58.5 Å². The van der Waals surface area contributed by atoms with Crippen LogP contribution in [0.1, 0.15) is 29.4 Å². The fourth-order valence-electron chi connectivity index (χ4n) is 4.55. The van der Waals surface area contributed by atoms with E-state index in [9.17, 15) is 4.79 Å². The first-order chi connectivity index (χ1) is 19.4. The van der Waals surface area contributed by atoms with Crippen molar-refractivity contribution in [1.82, 2.24) is 39.5 Å². The third-order valence-electron chi connectivity index (χ3n) is 6.80. The SMILES string of the molecule is CCC(=O)c1cnc(Nc2cnc(CN3CCN(C)CC3)cn2)cc1Nc1cccc(-c2ncn(C)n2)c1OC. The zero-order valence-electron chi connectivity index (χ0n) is 23.3. The van der Waals surface area contributed by atoms with Crippen LogP contribution in [-0.2, 0) is 13.6 Å². The van der Waals surface area contributed by atoms with E-state index in [0.29, 0.717) is 46.6 Å². The molecule has 40 heavy (non-hydrogen) atoms. The van der Waals surface area contributed by atoms with Crippen LogP contribution in [0.2, 0.25) is 0 Å². The van der Waals surface area contributed by atoms with Crippen molar-refractivity contribution in [2.45, 2.75) is 19.9 Å². The Morgan fingerprint density at radius 3 is 2.42 bits per heavy atom. The van der Waals surface area contributed by atoms with E-state index in [0.717, 1.165) is 44.0 Å². The summed E-state index contributed by atoms with van der Waals surface area (Å²) in [4.78, 5) is 35.5. The Balaban J connectivity index is 1.37. The zero-order valence-corrected chi connectivity index (χ0v) is 23.3. The molecule has 0 amide bonds. The number of piperazine rings is 1. The summed E-state index contributed by atoms with van der Waals surface area (Å²) in [6.07, 6.45) is 7.05. The van der Waals surface area contributed by atoms with Gasteiger partial charge in [0.05, 0.1) is 47.7 Å². The van der Waals surface area contributed by atoms with Gasteiger partial charge in [0.15, 0.2) is 17.4 Å². The molecule has 0 bridgehead atoms. The van der Waals surface area contributed by atoms with E-state index >= 15 is 0 Å². The summed E-state index contributed by atoms with van der Waals surface area (Å²) in [5, 5.41) is 11.0. The highest BCUT2D eigenvalue weighted by Gasteiger charge is 2.18. The van der Waals surface area contributed by atoms with E-state index in [4.69, 9.17) is 4.74 Å². The molecule has 4 aromatic rings. The van der Waals surface area contributed by atoms with Gasteiger partial charge in [-0.3, -0.25) is 19.4 Å². The highest BCUT2D eigenvalue weighted by molar-refractivity contribution is 6.02. The summed E-state index contributed by atoms with van der Waals surface area (Å²) >= 11 is 0. The minimum Gasteiger partial charge on any atom is -0.494 e.